The molecule has 1 aromatic heterocycles. The van der Waals surface area contributed by atoms with Crippen molar-refractivity contribution in [3.8, 4) is 5.69 Å². The first-order valence-electron chi connectivity index (χ1n) is 6.96. The number of nitrogens with two attached hydrogens (primary N) is 1. The summed E-state index contributed by atoms with van der Waals surface area (Å²) in [4.78, 5) is 22.8. The quantitative estimate of drug-likeness (QED) is 0.705. The predicted molar refractivity (Wildman–Crippen MR) is 82.2 cm³/mol. The number of aromatic nitrogens is 2. The normalized spacial score (nSPS) is 11.7. The van der Waals surface area contributed by atoms with Crippen LogP contribution in [0.25, 0.3) is 5.69 Å². The molecule has 116 valence electrons. The second-order valence-electron chi connectivity index (χ2n) is 4.82. The third-order valence-electron chi connectivity index (χ3n) is 3.15. The number of rotatable bonds is 6. The molecule has 7 nitrogen and oxygen atoms in total. The van der Waals surface area contributed by atoms with Crippen LogP contribution in [-0.4, -0.2) is 34.7 Å². The van der Waals surface area contributed by atoms with Crippen molar-refractivity contribution < 1.29 is 9.59 Å². The number of carbonyl (C=O) groups is 2. The number of hydrogen-bond donors (Lipinski definition) is 3. The number of benzene rings is 1. The summed E-state index contributed by atoms with van der Waals surface area (Å²) in [6.07, 6.45) is 3.56. The first kappa shape index (κ1) is 15.7. The molecule has 0 saturated carbocycles. The Morgan fingerprint density at radius 3 is 2.82 bits per heavy atom. The van der Waals surface area contributed by atoms with Crippen LogP contribution in [0.4, 0.5) is 0 Å². The maximum absolute atomic E-state index is 11.8. The minimum atomic E-state index is -0.358. The molecular formula is C15H19N5O2. The Morgan fingerprint density at radius 2 is 2.14 bits per heavy atom. The van der Waals surface area contributed by atoms with Crippen LogP contribution < -0.4 is 16.4 Å². The smallest absolute Gasteiger partial charge is 0.239 e. The van der Waals surface area contributed by atoms with Gasteiger partial charge in [-0.15, -0.1) is 0 Å². The monoisotopic (exact) mass is 301 g/mol. The maximum atomic E-state index is 11.8. The largest absolute Gasteiger partial charge is 0.348 e. The minimum absolute atomic E-state index is 0.0841. The Morgan fingerprint density at radius 1 is 1.32 bits per heavy atom. The first-order valence-corrected chi connectivity index (χ1v) is 6.96. The van der Waals surface area contributed by atoms with E-state index in [0.29, 0.717) is 0 Å². The molecule has 7 heteroatoms. The van der Waals surface area contributed by atoms with Crippen molar-refractivity contribution in [1.29, 1.82) is 0 Å². The summed E-state index contributed by atoms with van der Waals surface area (Å²) in [6.45, 7) is 1.67. The summed E-state index contributed by atoms with van der Waals surface area (Å²) in [5, 5.41) is 9.43. The highest BCUT2D eigenvalue weighted by Crippen LogP contribution is 2.16. The number of nitrogens with zero attached hydrogens (tertiary/aromatic N) is 2. The fourth-order valence-electron chi connectivity index (χ4n) is 1.99. The number of nitrogens with one attached hydrogen (secondary N) is 2. The van der Waals surface area contributed by atoms with E-state index in [9.17, 15) is 9.59 Å². The van der Waals surface area contributed by atoms with Crippen molar-refractivity contribution in [1.82, 2.24) is 20.4 Å². The lowest BCUT2D eigenvalue weighted by atomic mass is 10.1. The van der Waals surface area contributed by atoms with E-state index in [1.165, 1.54) is 0 Å². The summed E-state index contributed by atoms with van der Waals surface area (Å²) in [5.74, 6) is -0.623. The zero-order chi connectivity index (χ0) is 15.9. The molecule has 1 atom stereocenters. The van der Waals surface area contributed by atoms with Crippen molar-refractivity contribution in [3.63, 3.8) is 0 Å². The molecule has 2 rings (SSSR count). The van der Waals surface area contributed by atoms with Gasteiger partial charge in [0.05, 0.1) is 24.8 Å². The van der Waals surface area contributed by atoms with Gasteiger partial charge in [0.15, 0.2) is 0 Å². The van der Waals surface area contributed by atoms with Crippen LogP contribution in [0, 0.1) is 0 Å². The minimum Gasteiger partial charge on any atom is -0.348 e. The highest BCUT2D eigenvalue weighted by molar-refractivity contribution is 5.85. The van der Waals surface area contributed by atoms with E-state index >= 15 is 0 Å². The third-order valence-corrected chi connectivity index (χ3v) is 3.15. The first-order chi connectivity index (χ1) is 10.6. The Bertz CT molecular complexity index is 639. The standard InChI is InChI=1S/C15H19N5O2/c1-11(19-15(22)10-17-14(21)9-16)12-4-2-5-13(8-12)20-7-3-6-18-20/h2-8,11H,9-10,16H2,1H3,(H,17,21)(H,19,22). The van der Waals surface area contributed by atoms with Crippen LogP contribution in [0.1, 0.15) is 18.5 Å². The van der Waals surface area contributed by atoms with E-state index in [2.05, 4.69) is 15.7 Å². The van der Waals surface area contributed by atoms with E-state index < -0.39 is 0 Å². The lowest BCUT2D eigenvalue weighted by Crippen LogP contribution is -2.40. The lowest BCUT2D eigenvalue weighted by molar-refractivity contribution is -0.125. The second-order valence-corrected chi connectivity index (χ2v) is 4.82. The molecule has 2 amide bonds. The molecule has 1 aromatic carbocycles. The molecule has 0 aliphatic carbocycles. The Labute approximate surface area is 128 Å². The molecule has 0 fully saturated rings. The average Bonchev–Trinajstić information content (AvgIpc) is 3.07. The lowest BCUT2D eigenvalue weighted by Gasteiger charge is -2.15. The van der Waals surface area contributed by atoms with Gasteiger partial charge in [0, 0.05) is 12.4 Å². The molecule has 0 radical (unpaired) electrons. The van der Waals surface area contributed by atoms with Crippen LogP contribution in [0.3, 0.4) is 0 Å². The van der Waals surface area contributed by atoms with E-state index in [1.807, 2.05) is 43.5 Å². The maximum Gasteiger partial charge on any atom is 0.239 e. The number of amides is 2. The zero-order valence-electron chi connectivity index (χ0n) is 12.3. The van der Waals surface area contributed by atoms with Crippen molar-refractivity contribution in [2.75, 3.05) is 13.1 Å². The van der Waals surface area contributed by atoms with Gasteiger partial charge in [0.1, 0.15) is 0 Å². The zero-order valence-corrected chi connectivity index (χ0v) is 12.3. The number of hydrogen-bond acceptors (Lipinski definition) is 4. The van der Waals surface area contributed by atoms with Crippen molar-refractivity contribution >= 4 is 11.8 Å². The van der Waals surface area contributed by atoms with Gasteiger partial charge in [-0.1, -0.05) is 12.1 Å². The highest BCUT2D eigenvalue weighted by atomic mass is 16.2. The topological polar surface area (TPSA) is 102 Å². The summed E-state index contributed by atoms with van der Waals surface area (Å²) < 4.78 is 1.75. The van der Waals surface area contributed by atoms with E-state index in [0.717, 1.165) is 11.3 Å². The van der Waals surface area contributed by atoms with Gasteiger partial charge in [0.25, 0.3) is 0 Å². The summed E-state index contributed by atoms with van der Waals surface area (Å²) in [7, 11) is 0. The molecule has 1 unspecified atom stereocenters. The van der Waals surface area contributed by atoms with Gasteiger partial charge >= 0.3 is 0 Å². The van der Waals surface area contributed by atoms with Crippen molar-refractivity contribution in [2.24, 2.45) is 5.73 Å². The summed E-state index contributed by atoms with van der Waals surface area (Å²) in [6, 6.07) is 9.39. The molecule has 0 saturated heterocycles. The van der Waals surface area contributed by atoms with Crippen LogP contribution in [0.5, 0.6) is 0 Å². The molecule has 0 spiro atoms. The highest BCUT2D eigenvalue weighted by Gasteiger charge is 2.11. The summed E-state index contributed by atoms with van der Waals surface area (Å²) >= 11 is 0. The van der Waals surface area contributed by atoms with Gasteiger partial charge < -0.3 is 16.4 Å². The molecule has 1 heterocycles. The molecule has 0 aliphatic rings. The van der Waals surface area contributed by atoms with Gasteiger partial charge in [0.2, 0.25) is 11.8 Å². The van der Waals surface area contributed by atoms with E-state index in [4.69, 9.17) is 5.73 Å². The van der Waals surface area contributed by atoms with Crippen LogP contribution >= 0.6 is 0 Å². The molecule has 2 aromatic rings. The van der Waals surface area contributed by atoms with Crippen LogP contribution in [0.2, 0.25) is 0 Å². The molecule has 4 N–H and O–H groups in total. The van der Waals surface area contributed by atoms with Gasteiger partial charge in [-0.3, -0.25) is 9.59 Å². The molecule has 0 bridgehead atoms. The van der Waals surface area contributed by atoms with Crippen molar-refractivity contribution in [2.45, 2.75) is 13.0 Å². The second kappa shape index (κ2) is 7.37. The Kier molecular flexibility index (Phi) is 5.26. The third kappa shape index (κ3) is 4.16. The average molecular weight is 301 g/mol. The molecular weight excluding hydrogens is 282 g/mol. The number of carbonyl (C=O) groups excluding carboxylic acids is 2. The van der Waals surface area contributed by atoms with Gasteiger partial charge in [-0.25, -0.2) is 4.68 Å². The summed E-state index contributed by atoms with van der Waals surface area (Å²) in [5.41, 5.74) is 7.03. The Balaban J connectivity index is 1.98. The Hall–Kier alpha value is -2.67. The fraction of sp³-hybridized carbons (Fsp3) is 0.267. The molecule has 0 aliphatic heterocycles. The van der Waals surface area contributed by atoms with Crippen molar-refractivity contribution in [3.05, 3.63) is 48.3 Å². The van der Waals surface area contributed by atoms with Gasteiger partial charge in [-0.05, 0) is 30.7 Å². The SMILES string of the molecule is CC(NC(=O)CNC(=O)CN)c1cccc(-n2cccn2)c1. The predicted octanol–water partition coefficient (Wildman–Crippen LogP) is 0.124. The fourth-order valence-corrected chi connectivity index (χ4v) is 1.99. The van der Waals surface area contributed by atoms with Gasteiger partial charge in [-0.2, -0.15) is 5.10 Å². The van der Waals surface area contributed by atoms with Crippen LogP contribution in [0.15, 0.2) is 42.7 Å². The van der Waals surface area contributed by atoms with Crippen LogP contribution in [-0.2, 0) is 9.59 Å². The van der Waals surface area contributed by atoms with E-state index in [1.54, 1.807) is 10.9 Å². The van der Waals surface area contributed by atoms with E-state index in [-0.39, 0.29) is 30.9 Å². The molecule has 22 heavy (non-hydrogen) atoms.